The van der Waals surface area contributed by atoms with Gasteiger partial charge in [-0.1, -0.05) is 17.7 Å². The number of carbonyl (C=O) groups excluding carboxylic acids is 1. The lowest BCUT2D eigenvalue weighted by Crippen LogP contribution is -2.32. The summed E-state index contributed by atoms with van der Waals surface area (Å²) < 4.78 is 0. The number of hydrogen-bond acceptors (Lipinski definition) is 1. The van der Waals surface area contributed by atoms with Crippen molar-refractivity contribution >= 4 is 17.5 Å². The van der Waals surface area contributed by atoms with E-state index in [1.54, 1.807) is 0 Å². The minimum Gasteiger partial charge on any atom is -0.339 e. The lowest BCUT2D eigenvalue weighted by Gasteiger charge is -2.21. The van der Waals surface area contributed by atoms with Crippen LogP contribution < -0.4 is 0 Å². The van der Waals surface area contributed by atoms with Gasteiger partial charge < -0.3 is 4.90 Å². The zero-order valence-electron chi connectivity index (χ0n) is 10.8. The fourth-order valence-electron chi connectivity index (χ4n) is 1.88. The van der Waals surface area contributed by atoms with Crippen molar-refractivity contribution in [1.82, 2.24) is 4.90 Å². The maximum absolute atomic E-state index is 12.3. The fraction of sp³-hybridized carbons (Fsp3) is 0.500. The number of rotatable bonds is 5. The van der Waals surface area contributed by atoms with Gasteiger partial charge in [0.2, 0.25) is 0 Å². The first kappa shape index (κ1) is 14.0. The predicted molar refractivity (Wildman–Crippen MR) is 72.8 cm³/mol. The summed E-state index contributed by atoms with van der Waals surface area (Å²) in [5.74, 6) is 0.700. The molecular weight excluding hydrogens is 234 g/mol. The van der Waals surface area contributed by atoms with Gasteiger partial charge in [-0.25, -0.2) is 0 Å². The van der Waals surface area contributed by atoms with E-state index in [-0.39, 0.29) is 5.91 Å². The van der Waals surface area contributed by atoms with E-state index >= 15 is 0 Å². The number of benzene rings is 1. The summed E-state index contributed by atoms with van der Waals surface area (Å²) in [4.78, 5) is 14.1. The third-order valence-electron chi connectivity index (χ3n) is 2.84. The van der Waals surface area contributed by atoms with Crippen LogP contribution in [0.25, 0.3) is 0 Å². The first-order valence-electron chi connectivity index (χ1n) is 6.02. The van der Waals surface area contributed by atoms with E-state index in [9.17, 15) is 4.79 Å². The third kappa shape index (κ3) is 3.74. The Hall–Kier alpha value is -1.02. The first-order valence-corrected chi connectivity index (χ1v) is 6.56. The molecule has 0 saturated heterocycles. The fourth-order valence-corrected chi connectivity index (χ4v) is 2.00. The molecule has 0 N–H and O–H groups in total. The Morgan fingerprint density at radius 1 is 1.35 bits per heavy atom. The van der Waals surface area contributed by atoms with E-state index in [2.05, 4.69) is 0 Å². The molecule has 0 saturated carbocycles. The van der Waals surface area contributed by atoms with Gasteiger partial charge >= 0.3 is 0 Å². The average Bonchev–Trinajstić information content (AvgIpc) is 2.29. The summed E-state index contributed by atoms with van der Waals surface area (Å²) >= 11 is 5.67. The second kappa shape index (κ2) is 6.65. The molecule has 0 aliphatic carbocycles. The molecule has 1 rings (SSSR count). The Bertz CT molecular complexity index is 390. The van der Waals surface area contributed by atoms with Crippen molar-refractivity contribution in [2.24, 2.45) is 0 Å². The van der Waals surface area contributed by atoms with Crippen molar-refractivity contribution in [1.29, 1.82) is 0 Å². The highest BCUT2D eigenvalue weighted by Gasteiger charge is 2.15. The van der Waals surface area contributed by atoms with E-state index in [4.69, 9.17) is 11.6 Å². The van der Waals surface area contributed by atoms with Crippen LogP contribution in [0, 0.1) is 13.8 Å². The van der Waals surface area contributed by atoms with Crippen molar-refractivity contribution in [2.45, 2.75) is 27.2 Å². The summed E-state index contributed by atoms with van der Waals surface area (Å²) in [6.07, 6.45) is 0.839. The summed E-state index contributed by atoms with van der Waals surface area (Å²) in [6, 6.07) is 5.94. The Labute approximate surface area is 109 Å². The lowest BCUT2D eigenvalue weighted by atomic mass is 10.0. The summed E-state index contributed by atoms with van der Waals surface area (Å²) in [5, 5.41) is 0. The van der Waals surface area contributed by atoms with E-state index in [0.29, 0.717) is 5.88 Å². The number of aryl methyl sites for hydroxylation is 2. The largest absolute Gasteiger partial charge is 0.339 e. The number of hydrogen-bond donors (Lipinski definition) is 0. The molecule has 3 heteroatoms. The molecule has 2 nitrogen and oxygen atoms in total. The van der Waals surface area contributed by atoms with Gasteiger partial charge in [0.15, 0.2) is 0 Å². The number of alkyl halides is 1. The highest BCUT2D eigenvalue weighted by molar-refractivity contribution is 6.17. The van der Waals surface area contributed by atoms with Gasteiger partial charge in [-0.3, -0.25) is 4.79 Å². The Morgan fingerprint density at radius 3 is 2.59 bits per heavy atom. The van der Waals surface area contributed by atoms with Crippen molar-refractivity contribution in [3.05, 3.63) is 34.9 Å². The van der Waals surface area contributed by atoms with Gasteiger partial charge in [-0.15, -0.1) is 11.6 Å². The molecule has 1 aromatic carbocycles. The molecule has 94 valence electrons. The molecule has 0 unspecified atom stereocenters. The minimum atomic E-state index is 0.107. The number of carbonyl (C=O) groups is 1. The van der Waals surface area contributed by atoms with Gasteiger partial charge in [-0.05, 0) is 38.8 Å². The van der Waals surface area contributed by atoms with Gasteiger partial charge in [0.25, 0.3) is 5.91 Å². The van der Waals surface area contributed by atoms with Crippen LogP contribution >= 0.6 is 11.6 Å². The van der Waals surface area contributed by atoms with E-state index in [1.807, 2.05) is 43.9 Å². The van der Waals surface area contributed by atoms with Gasteiger partial charge in [0.1, 0.15) is 0 Å². The van der Waals surface area contributed by atoms with Crippen LogP contribution in [-0.4, -0.2) is 29.8 Å². The molecule has 0 heterocycles. The van der Waals surface area contributed by atoms with Gasteiger partial charge in [-0.2, -0.15) is 0 Å². The normalized spacial score (nSPS) is 10.4. The maximum atomic E-state index is 12.3. The highest BCUT2D eigenvalue weighted by atomic mass is 35.5. The smallest absolute Gasteiger partial charge is 0.254 e. The Morgan fingerprint density at radius 2 is 2.06 bits per heavy atom. The highest BCUT2D eigenvalue weighted by Crippen LogP contribution is 2.13. The molecule has 0 aliphatic heterocycles. The van der Waals surface area contributed by atoms with Crippen molar-refractivity contribution in [3.8, 4) is 0 Å². The number of nitrogens with zero attached hydrogens (tertiary/aromatic N) is 1. The molecule has 0 aromatic heterocycles. The van der Waals surface area contributed by atoms with E-state index < -0.39 is 0 Å². The second-order valence-electron chi connectivity index (χ2n) is 4.25. The van der Waals surface area contributed by atoms with E-state index in [0.717, 1.165) is 30.6 Å². The van der Waals surface area contributed by atoms with Gasteiger partial charge in [0, 0.05) is 24.5 Å². The monoisotopic (exact) mass is 253 g/mol. The van der Waals surface area contributed by atoms with E-state index in [1.165, 1.54) is 5.56 Å². The number of halogens is 1. The summed E-state index contributed by atoms with van der Waals surface area (Å²) in [6.45, 7) is 7.47. The molecule has 0 radical (unpaired) electrons. The Balaban J connectivity index is 2.86. The molecule has 0 spiro atoms. The molecule has 0 fully saturated rings. The van der Waals surface area contributed by atoms with Crippen LogP contribution in [0.5, 0.6) is 0 Å². The van der Waals surface area contributed by atoms with Crippen LogP contribution in [0.4, 0.5) is 0 Å². The standard InChI is InChI=1S/C14H20ClNO/c1-4-16(9-5-8-15)14(17)13-7-6-11(2)10-12(13)3/h6-7,10H,4-5,8-9H2,1-3H3. The van der Waals surface area contributed by atoms with Crippen LogP contribution in [0.1, 0.15) is 34.8 Å². The summed E-state index contributed by atoms with van der Waals surface area (Å²) in [7, 11) is 0. The summed E-state index contributed by atoms with van der Waals surface area (Å²) in [5.41, 5.74) is 3.02. The zero-order chi connectivity index (χ0) is 12.8. The molecule has 1 aromatic rings. The predicted octanol–water partition coefficient (Wildman–Crippen LogP) is 3.39. The third-order valence-corrected chi connectivity index (χ3v) is 3.11. The van der Waals surface area contributed by atoms with Crippen LogP contribution in [0.15, 0.2) is 18.2 Å². The lowest BCUT2D eigenvalue weighted by molar-refractivity contribution is 0.0764. The second-order valence-corrected chi connectivity index (χ2v) is 4.62. The first-order chi connectivity index (χ1) is 8.10. The van der Waals surface area contributed by atoms with Crippen LogP contribution in [0.2, 0.25) is 0 Å². The Kier molecular flexibility index (Phi) is 5.49. The molecule has 0 bridgehead atoms. The molecular formula is C14H20ClNO. The number of amides is 1. The van der Waals surface area contributed by atoms with Gasteiger partial charge in [0.05, 0.1) is 0 Å². The SMILES string of the molecule is CCN(CCCCl)C(=O)c1ccc(C)cc1C. The quantitative estimate of drug-likeness (QED) is 0.737. The molecule has 0 aliphatic rings. The molecule has 1 amide bonds. The van der Waals surface area contributed by atoms with Crippen molar-refractivity contribution in [2.75, 3.05) is 19.0 Å². The van der Waals surface area contributed by atoms with Crippen LogP contribution in [-0.2, 0) is 0 Å². The van der Waals surface area contributed by atoms with Crippen molar-refractivity contribution in [3.63, 3.8) is 0 Å². The average molecular weight is 254 g/mol. The molecule has 17 heavy (non-hydrogen) atoms. The topological polar surface area (TPSA) is 20.3 Å². The molecule has 0 atom stereocenters. The zero-order valence-corrected chi connectivity index (χ0v) is 11.5. The van der Waals surface area contributed by atoms with Crippen molar-refractivity contribution < 1.29 is 4.79 Å². The van der Waals surface area contributed by atoms with Crippen LogP contribution in [0.3, 0.4) is 0 Å². The minimum absolute atomic E-state index is 0.107. The maximum Gasteiger partial charge on any atom is 0.254 e.